The van der Waals surface area contributed by atoms with Gasteiger partial charge in [-0.05, 0) is 18.8 Å². The molecule has 0 heterocycles. The minimum atomic E-state index is -0.241. The van der Waals surface area contributed by atoms with Crippen molar-refractivity contribution in [3.05, 3.63) is 0 Å². The highest BCUT2D eigenvalue weighted by molar-refractivity contribution is 5.84. The molecule has 1 unspecified atom stereocenters. The fourth-order valence-electron chi connectivity index (χ4n) is 2.25. The van der Waals surface area contributed by atoms with Crippen molar-refractivity contribution in [2.75, 3.05) is 20.8 Å². The predicted molar refractivity (Wildman–Crippen MR) is 54.3 cm³/mol. The van der Waals surface area contributed by atoms with Crippen LogP contribution in [0, 0.1) is 5.92 Å². The molecular weight excluding hydrogens is 180 g/mol. The molecule has 0 aromatic heterocycles. The SMILES string of the molecule is COCC(=O)C(OC)C1CCCCC1. The smallest absolute Gasteiger partial charge is 0.187 e. The fourth-order valence-corrected chi connectivity index (χ4v) is 2.25. The van der Waals surface area contributed by atoms with E-state index in [9.17, 15) is 4.79 Å². The summed E-state index contributed by atoms with van der Waals surface area (Å²) >= 11 is 0. The van der Waals surface area contributed by atoms with Crippen LogP contribution in [-0.2, 0) is 14.3 Å². The van der Waals surface area contributed by atoms with Gasteiger partial charge in [-0.1, -0.05) is 19.3 Å². The van der Waals surface area contributed by atoms with Gasteiger partial charge in [-0.2, -0.15) is 0 Å². The Morgan fingerprint density at radius 2 is 1.93 bits per heavy atom. The van der Waals surface area contributed by atoms with Crippen LogP contribution in [0.3, 0.4) is 0 Å². The number of Topliss-reactive ketones (excluding diaryl/α,β-unsaturated/α-hetero) is 1. The molecule has 1 aliphatic carbocycles. The summed E-state index contributed by atoms with van der Waals surface area (Å²) in [6.07, 6.45) is 5.75. The molecule has 0 aromatic rings. The van der Waals surface area contributed by atoms with Gasteiger partial charge in [-0.3, -0.25) is 4.79 Å². The summed E-state index contributed by atoms with van der Waals surface area (Å²) < 4.78 is 10.1. The molecule has 3 heteroatoms. The summed E-state index contributed by atoms with van der Waals surface area (Å²) in [5.41, 5.74) is 0. The molecule has 0 aliphatic heterocycles. The first-order chi connectivity index (χ1) is 6.79. The van der Waals surface area contributed by atoms with Crippen molar-refractivity contribution in [2.24, 2.45) is 5.92 Å². The second kappa shape index (κ2) is 6.14. The largest absolute Gasteiger partial charge is 0.377 e. The third kappa shape index (κ3) is 3.07. The second-order valence-corrected chi connectivity index (χ2v) is 3.95. The van der Waals surface area contributed by atoms with E-state index in [2.05, 4.69) is 0 Å². The fraction of sp³-hybridized carbons (Fsp3) is 0.909. The van der Waals surface area contributed by atoms with Crippen molar-refractivity contribution in [2.45, 2.75) is 38.2 Å². The highest BCUT2D eigenvalue weighted by Gasteiger charge is 2.28. The van der Waals surface area contributed by atoms with Crippen molar-refractivity contribution < 1.29 is 14.3 Å². The van der Waals surface area contributed by atoms with E-state index in [1.54, 1.807) is 14.2 Å². The van der Waals surface area contributed by atoms with Crippen LogP contribution in [0.15, 0.2) is 0 Å². The lowest BCUT2D eigenvalue weighted by atomic mass is 9.84. The Hall–Kier alpha value is -0.410. The Labute approximate surface area is 85.8 Å². The van der Waals surface area contributed by atoms with Crippen molar-refractivity contribution >= 4 is 5.78 Å². The summed E-state index contributed by atoms with van der Waals surface area (Å²) in [7, 11) is 3.17. The van der Waals surface area contributed by atoms with E-state index in [1.807, 2.05) is 0 Å². The van der Waals surface area contributed by atoms with Crippen molar-refractivity contribution in [3.8, 4) is 0 Å². The van der Waals surface area contributed by atoms with Crippen LogP contribution < -0.4 is 0 Å². The zero-order chi connectivity index (χ0) is 10.4. The summed E-state index contributed by atoms with van der Waals surface area (Å²) in [5.74, 6) is 0.498. The lowest BCUT2D eigenvalue weighted by molar-refractivity contribution is -0.136. The third-order valence-electron chi connectivity index (χ3n) is 2.94. The lowest BCUT2D eigenvalue weighted by Crippen LogP contribution is -2.35. The van der Waals surface area contributed by atoms with Crippen LogP contribution in [0.1, 0.15) is 32.1 Å². The summed E-state index contributed by atoms with van der Waals surface area (Å²) in [6.45, 7) is 0.176. The van der Waals surface area contributed by atoms with Gasteiger partial charge >= 0.3 is 0 Å². The third-order valence-corrected chi connectivity index (χ3v) is 2.94. The maximum absolute atomic E-state index is 11.6. The van der Waals surface area contributed by atoms with Gasteiger partial charge in [0, 0.05) is 14.2 Å². The van der Waals surface area contributed by atoms with Crippen LogP contribution in [0.4, 0.5) is 0 Å². The molecule has 0 bridgehead atoms. The number of ether oxygens (including phenoxy) is 2. The molecule has 0 amide bonds. The standard InChI is InChI=1S/C11H20O3/c1-13-8-10(12)11(14-2)9-6-4-3-5-7-9/h9,11H,3-8H2,1-2H3. The normalized spacial score (nSPS) is 20.7. The van der Waals surface area contributed by atoms with Crippen LogP contribution in [0.25, 0.3) is 0 Å². The Kier molecular flexibility index (Phi) is 5.12. The Bertz CT molecular complexity index is 173. The topological polar surface area (TPSA) is 35.5 Å². The first-order valence-corrected chi connectivity index (χ1v) is 5.34. The Morgan fingerprint density at radius 3 is 2.43 bits per heavy atom. The van der Waals surface area contributed by atoms with Gasteiger partial charge < -0.3 is 9.47 Å². The van der Waals surface area contributed by atoms with Gasteiger partial charge in [-0.15, -0.1) is 0 Å². The minimum Gasteiger partial charge on any atom is -0.377 e. The van der Waals surface area contributed by atoms with Crippen molar-refractivity contribution in [1.82, 2.24) is 0 Å². The summed E-state index contributed by atoms with van der Waals surface area (Å²) in [5, 5.41) is 0. The number of carbonyl (C=O) groups excluding carboxylic acids is 1. The molecule has 0 spiro atoms. The average molecular weight is 200 g/mol. The van der Waals surface area contributed by atoms with Gasteiger partial charge in [0.2, 0.25) is 0 Å². The molecular formula is C11H20O3. The zero-order valence-corrected chi connectivity index (χ0v) is 9.12. The lowest BCUT2D eigenvalue weighted by Gasteiger charge is -2.27. The highest BCUT2D eigenvalue weighted by atomic mass is 16.5. The minimum absolute atomic E-state index is 0.0851. The van der Waals surface area contributed by atoms with E-state index in [0.29, 0.717) is 5.92 Å². The molecule has 14 heavy (non-hydrogen) atoms. The first kappa shape index (κ1) is 11.7. The maximum Gasteiger partial charge on any atom is 0.187 e. The number of carbonyl (C=O) groups is 1. The molecule has 0 radical (unpaired) electrons. The monoisotopic (exact) mass is 200 g/mol. The molecule has 1 fully saturated rings. The van der Waals surface area contributed by atoms with E-state index in [4.69, 9.17) is 9.47 Å². The molecule has 3 nitrogen and oxygen atoms in total. The van der Waals surface area contributed by atoms with Crippen LogP contribution in [-0.4, -0.2) is 32.7 Å². The van der Waals surface area contributed by atoms with E-state index in [0.717, 1.165) is 12.8 Å². The molecule has 1 saturated carbocycles. The van der Waals surface area contributed by atoms with E-state index >= 15 is 0 Å². The van der Waals surface area contributed by atoms with Gasteiger partial charge in [0.1, 0.15) is 12.7 Å². The maximum atomic E-state index is 11.6. The van der Waals surface area contributed by atoms with Crippen molar-refractivity contribution in [1.29, 1.82) is 0 Å². The summed E-state index contributed by atoms with van der Waals surface area (Å²) in [6, 6.07) is 0. The number of methoxy groups -OCH3 is 2. The Balaban J connectivity index is 2.46. The van der Waals surface area contributed by atoms with E-state index < -0.39 is 0 Å². The van der Waals surface area contributed by atoms with Gasteiger partial charge in [0.25, 0.3) is 0 Å². The van der Waals surface area contributed by atoms with Crippen LogP contribution in [0.2, 0.25) is 0 Å². The van der Waals surface area contributed by atoms with Crippen molar-refractivity contribution in [3.63, 3.8) is 0 Å². The zero-order valence-electron chi connectivity index (χ0n) is 9.12. The molecule has 1 rings (SSSR count). The average Bonchev–Trinajstić information content (AvgIpc) is 2.21. The molecule has 1 atom stereocenters. The highest BCUT2D eigenvalue weighted by Crippen LogP contribution is 2.28. The molecule has 1 aliphatic rings. The number of hydrogen-bond donors (Lipinski definition) is 0. The van der Waals surface area contributed by atoms with Gasteiger partial charge in [0.15, 0.2) is 5.78 Å². The van der Waals surface area contributed by atoms with E-state index in [-0.39, 0.29) is 18.5 Å². The molecule has 0 saturated heterocycles. The first-order valence-electron chi connectivity index (χ1n) is 5.34. The summed E-state index contributed by atoms with van der Waals surface area (Å²) in [4.78, 5) is 11.6. The molecule has 0 aromatic carbocycles. The predicted octanol–water partition coefficient (Wildman–Crippen LogP) is 1.80. The van der Waals surface area contributed by atoms with Gasteiger partial charge in [0.05, 0.1) is 0 Å². The van der Waals surface area contributed by atoms with Crippen LogP contribution >= 0.6 is 0 Å². The van der Waals surface area contributed by atoms with Gasteiger partial charge in [-0.25, -0.2) is 0 Å². The number of hydrogen-bond acceptors (Lipinski definition) is 3. The van der Waals surface area contributed by atoms with Crippen LogP contribution in [0.5, 0.6) is 0 Å². The number of ketones is 1. The Morgan fingerprint density at radius 1 is 1.29 bits per heavy atom. The second-order valence-electron chi connectivity index (χ2n) is 3.95. The quantitative estimate of drug-likeness (QED) is 0.678. The number of rotatable bonds is 5. The molecule has 82 valence electrons. The van der Waals surface area contributed by atoms with E-state index in [1.165, 1.54) is 19.3 Å². The molecule has 0 N–H and O–H groups in total.